The first-order chi connectivity index (χ1) is 8.42. The molecule has 3 heterocycles. The first kappa shape index (κ1) is 11.3. The fraction of sp³-hybridized carbons (Fsp3) is 0.692. The van der Waals surface area contributed by atoms with Gasteiger partial charge in [-0.15, -0.1) is 0 Å². The van der Waals surface area contributed by atoms with Gasteiger partial charge in [0.2, 0.25) is 6.29 Å². The predicted octanol–water partition coefficient (Wildman–Crippen LogP) is 2.18. The Morgan fingerprint density at radius 1 is 1.24 bits per heavy atom. The third kappa shape index (κ3) is 2.70. The van der Waals surface area contributed by atoms with Gasteiger partial charge in [-0.1, -0.05) is 6.42 Å². The molecule has 4 heteroatoms. The van der Waals surface area contributed by atoms with Gasteiger partial charge in [-0.3, -0.25) is 0 Å². The Labute approximate surface area is 101 Å². The number of ether oxygens (including phenoxy) is 2. The lowest BCUT2D eigenvalue weighted by Crippen LogP contribution is -2.37. The lowest BCUT2D eigenvalue weighted by atomic mass is 10.1. The molecule has 2 saturated heterocycles. The highest BCUT2D eigenvalue weighted by Crippen LogP contribution is 2.27. The molecule has 2 atom stereocenters. The third-order valence-electron chi connectivity index (χ3n) is 3.44. The largest absolute Gasteiger partial charge is 0.464 e. The first-order valence-corrected chi connectivity index (χ1v) is 6.44. The Hall–Kier alpha value is -0.840. The van der Waals surface area contributed by atoms with Crippen molar-refractivity contribution in [2.24, 2.45) is 0 Å². The molecule has 0 aromatic carbocycles. The van der Waals surface area contributed by atoms with E-state index in [1.807, 2.05) is 12.1 Å². The third-order valence-corrected chi connectivity index (χ3v) is 3.44. The number of piperidine rings is 1. The van der Waals surface area contributed by atoms with Crippen LogP contribution in [-0.2, 0) is 9.47 Å². The molecule has 94 valence electrons. The second-order valence-electron chi connectivity index (χ2n) is 4.80. The maximum absolute atomic E-state index is 5.85. The molecule has 2 fully saturated rings. The quantitative estimate of drug-likeness (QED) is 0.807. The molecule has 0 radical (unpaired) electrons. The van der Waals surface area contributed by atoms with Crippen LogP contribution in [0.4, 0.5) is 0 Å². The Balaban J connectivity index is 1.50. The van der Waals surface area contributed by atoms with E-state index in [9.17, 15) is 0 Å². The summed E-state index contributed by atoms with van der Waals surface area (Å²) in [4.78, 5) is 2.47. The Morgan fingerprint density at radius 2 is 2.12 bits per heavy atom. The molecule has 0 saturated carbocycles. The van der Waals surface area contributed by atoms with Crippen molar-refractivity contribution >= 4 is 0 Å². The number of hydrogen-bond donors (Lipinski definition) is 0. The molecule has 4 nitrogen and oxygen atoms in total. The van der Waals surface area contributed by atoms with Crippen molar-refractivity contribution in [3.63, 3.8) is 0 Å². The van der Waals surface area contributed by atoms with E-state index in [-0.39, 0.29) is 12.4 Å². The SMILES string of the molecule is c1coc([C@@H]2OC[C@@H](CN3CCCCC3)O2)c1. The molecule has 1 aromatic heterocycles. The van der Waals surface area contributed by atoms with Crippen molar-refractivity contribution in [2.45, 2.75) is 31.7 Å². The summed E-state index contributed by atoms with van der Waals surface area (Å²) in [6, 6.07) is 3.76. The van der Waals surface area contributed by atoms with Crippen LogP contribution in [0.2, 0.25) is 0 Å². The zero-order valence-electron chi connectivity index (χ0n) is 10.0. The minimum absolute atomic E-state index is 0.184. The van der Waals surface area contributed by atoms with Crippen molar-refractivity contribution in [3.05, 3.63) is 24.2 Å². The highest BCUT2D eigenvalue weighted by Gasteiger charge is 2.30. The molecule has 0 unspecified atom stereocenters. The average molecular weight is 237 g/mol. The highest BCUT2D eigenvalue weighted by atomic mass is 16.7. The van der Waals surface area contributed by atoms with Crippen molar-refractivity contribution < 1.29 is 13.9 Å². The number of likely N-dealkylation sites (tertiary alicyclic amines) is 1. The second-order valence-corrected chi connectivity index (χ2v) is 4.80. The predicted molar refractivity (Wildman–Crippen MR) is 62.6 cm³/mol. The van der Waals surface area contributed by atoms with Crippen molar-refractivity contribution in [3.8, 4) is 0 Å². The zero-order valence-corrected chi connectivity index (χ0v) is 10.0. The van der Waals surface area contributed by atoms with Gasteiger partial charge in [0.1, 0.15) is 0 Å². The van der Waals surface area contributed by atoms with Crippen LogP contribution in [0, 0.1) is 0 Å². The van der Waals surface area contributed by atoms with E-state index in [1.54, 1.807) is 6.26 Å². The van der Waals surface area contributed by atoms with E-state index < -0.39 is 0 Å². The number of hydrogen-bond acceptors (Lipinski definition) is 4. The minimum atomic E-state index is -0.306. The normalized spacial score (nSPS) is 30.8. The number of furan rings is 1. The van der Waals surface area contributed by atoms with E-state index in [0.717, 1.165) is 12.3 Å². The lowest BCUT2D eigenvalue weighted by molar-refractivity contribution is -0.0778. The fourth-order valence-corrected chi connectivity index (χ4v) is 2.55. The summed E-state index contributed by atoms with van der Waals surface area (Å²) in [6.45, 7) is 4.05. The van der Waals surface area contributed by atoms with Gasteiger partial charge < -0.3 is 18.8 Å². The van der Waals surface area contributed by atoms with Crippen molar-refractivity contribution in [2.75, 3.05) is 26.2 Å². The number of nitrogens with zero attached hydrogens (tertiary/aromatic N) is 1. The van der Waals surface area contributed by atoms with E-state index in [4.69, 9.17) is 13.9 Å². The van der Waals surface area contributed by atoms with Crippen LogP contribution < -0.4 is 0 Å². The Morgan fingerprint density at radius 3 is 2.88 bits per heavy atom. The molecule has 3 rings (SSSR count). The molecule has 0 bridgehead atoms. The summed E-state index contributed by atoms with van der Waals surface area (Å²) < 4.78 is 16.8. The molecule has 0 amide bonds. The van der Waals surface area contributed by atoms with Gasteiger partial charge in [-0.25, -0.2) is 0 Å². The zero-order chi connectivity index (χ0) is 11.5. The molecule has 17 heavy (non-hydrogen) atoms. The summed E-state index contributed by atoms with van der Waals surface area (Å²) >= 11 is 0. The van der Waals surface area contributed by atoms with Crippen LogP contribution in [0.15, 0.2) is 22.8 Å². The molecular formula is C13H19NO3. The summed E-state index contributed by atoms with van der Waals surface area (Å²) in [5.74, 6) is 0.770. The van der Waals surface area contributed by atoms with Crippen LogP contribution >= 0.6 is 0 Å². The lowest BCUT2D eigenvalue weighted by Gasteiger charge is -2.28. The smallest absolute Gasteiger partial charge is 0.217 e. The molecule has 2 aliphatic rings. The molecular weight excluding hydrogens is 218 g/mol. The topological polar surface area (TPSA) is 34.8 Å². The molecule has 2 aliphatic heterocycles. The van der Waals surface area contributed by atoms with E-state index >= 15 is 0 Å². The van der Waals surface area contributed by atoms with Crippen LogP contribution in [0.3, 0.4) is 0 Å². The molecule has 1 aromatic rings. The van der Waals surface area contributed by atoms with Crippen LogP contribution in [0.5, 0.6) is 0 Å². The number of rotatable bonds is 3. The van der Waals surface area contributed by atoms with Gasteiger partial charge in [0.25, 0.3) is 0 Å². The maximum Gasteiger partial charge on any atom is 0.217 e. The molecule has 0 spiro atoms. The summed E-state index contributed by atoms with van der Waals surface area (Å²) in [7, 11) is 0. The van der Waals surface area contributed by atoms with Gasteiger partial charge in [-0.2, -0.15) is 0 Å². The van der Waals surface area contributed by atoms with Crippen molar-refractivity contribution in [1.29, 1.82) is 0 Å². The van der Waals surface area contributed by atoms with Crippen LogP contribution in [0.1, 0.15) is 31.3 Å². The van der Waals surface area contributed by atoms with Crippen molar-refractivity contribution in [1.82, 2.24) is 4.90 Å². The molecule has 0 N–H and O–H groups in total. The highest BCUT2D eigenvalue weighted by molar-refractivity contribution is 5.00. The fourth-order valence-electron chi connectivity index (χ4n) is 2.55. The monoisotopic (exact) mass is 237 g/mol. The standard InChI is InChI=1S/C13H19NO3/c1-2-6-14(7-3-1)9-11-10-16-13(17-11)12-5-4-8-15-12/h4-5,8,11,13H,1-3,6-7,9-10H2/t11-,13-/m1/s1. The van der Waals surface area contributed by atoms with Gasteiger partial charge in [0, 0.05) is 6.54 Å². The molecule has 0 aliphatic carbocycles. The Kier molecular flexibility index (Phi) is 3.45. The van der Waals surface area contributed by atoms with E-state index in [1.165, 1.54) is 32.4 Å². The first-order valence-electron chi connectivity index (χ1n) is 6.44. The summed E-state index contributed by atoms with van der Waals surface area (Å²) in [5, 5.41) is 0. The van der Waals surface area contributed by atoms with E-state index in [2.05, 4.69) is 4.90 Å². The maximum atomic E-state index is 5.85. The van der Waals surface area contributed by atoms with Gasteiger partial charge >= 0.3 is 0 Å². The van der Waals surface area contributed by atoms with Gasteiger partial charge in [-0.05, 0) is 38.1 Å². The average Bonchev–Trinajstić information content (AvgIpc) is 3.00. The summed E-state index contributed by atoms with van der Waals surface area (Å²) in [5.41, 5.74) is 0. The van der Waals surface area contributed by atoms with Crippen LogP contribution in [0.25, 0.3) is 0 Å². The van der Waals surface area contributed by atoms with Crippen LogP contribution in [-0.4, -0.2) is 37.2 Å². The van der Waals surface area contributed by atoms with Gasteiger partial charge in [0.05, 0.1) is 19.0 Å². The minimum Gasteiger partial charge on any atom is -0.464 e. The van der Waals surface area contributed by atoms with Gasteiger partial charge in [0.15, 0.2) is 5.76 Å². The van der Waals surface area contributed by atoms with E-state index in [0.29, 0.717) is 6.61 Å². The Bertz CT molecular complexity index is 332. The second kappa shape index (κ2) is 5.21. The summed E-state index contributed by atoms with van der Waals surface area (Å²) in [6.07, 6.45) is 5.53.